The second-order valence-electron chi connectivity index (χ2n) is 7.44. The highest BCUT2D eigenvalue weighted by Gasteiger charge is 2.17. The Bertz CT molecular complexity index is 1300. The molecule has 2 aromatic heterocycles. The minimum atomic E-state index is -0.290. The molecule has 0 aliphatic rings. The molecular formula is C24H24ClN3O3S. The summed E-state index contributed by atoms with van der Waals surface area (Å²) < 4.78 is 13.1. The molecule has 166 valence electrons. The van der Waals surface area contributed by atoms with Crippen LogP contribution in [0, 0.1) is 13.8 Å². The van der Waals surface area contributed by atoms with E-state index >= 15 is 0 Å². The molecule has 2 heterocycles. The fraction of sp³-hybridized carbons (Fsp3) is 0.292. The van der Waals surface area contributed by atoms with Crippen molar-refractivity contribution in [3.8, 4) is 16.3 Å². The number of rotatable bonds is 7. The summed E-state index contributed by atoms with van der Waals surface area (Å²) in [5.74, 6) is 1.34. The molecule has 0 aliphatic heterocycles. The first-order valence-electron chi connectivity index (χ1n) is 10.3. The van der Waals surface area contributed by atoms with Crippen molar-refractivity contribution in [2.75, 3.05) is 7.11 Å². The number of aromatic nitrogens is 3. The molecule has 0 unspecified atom stereocenters. The van der Waals surface area contributed by atoms with Gasteiger partial charge in [-0.1, -0.05) is 17.7 Å². The summed E-state index contributed by atoms with van der Waals surface area (Å²) in [6, 6.07) is 11.4. The second kappa shape index (κ2) is 9.30. The van der Waals surface area contributed by atoms with Crippen LogP contribution in [0.1, 0.15) is 28.9 Å². The number of carbonyl (C=O) groups is 1. The van der Waals surface area contributed by atoms with Gasteiger partial charge in [-0.15, -0.1) is 11.3 Å². The zero-order valence-electron chi connectivity index (χ0n) is 18.4. The molecule has 0 spiro atoms. The fourth-order valence-electron chi connectivity index (χ4n) is 3.68. The lowest BCUT2D eigenvalue weighted by atomic mass is 10.2. The van der Waals surface area contributed by atoms with Gasteiger partial charge in [0.2, 0.25) is 0 Å². The van der Waals surface area contributed by atoms with Gasteiger partial charge in [-0.2, -0.15) is 0 Å². The molecule has 0 aliphatic carbocycles. The van der Waals surface area contributed by atoms with E-state index in [9.17, 15) is 4.79 Å². The molecule has 4 rings (SSSR count). The maximum Gasteiger partial charge on any atom is 0.311 e. The van der Waals surface area contributed by atoms with E-state index in [2.05, 4.69) is 21.5 Å². The van der Waals surface area contributed by atoms with E-state index in [1.54, 1.807) is 19.2 Å². The third-order valence-electron chi connectivity index (χ3n) is 5.31. The molecule has 0 amide bonds. The third kappa shape index (κ3) is 4.49. The Hall–Kier alpha value is -2.90. The number of imidazole rings is 1. The first kappa shape index (κ1) is 22.3. The first-order valence-corrected chi connectivity index (χ1v) is 11.5. The monoisotopic (exact) mass is 469 g/mol. The molecule has 2 aromatic carbocycles. The van der Waals surface area contributed by atoms with Crippen LogP contribution in [0.2, 0.25) is 5.02 Å². The summed E-state index contributed by atoms with van der Waals surface area (Å²) in [5, 5.41) is 1.38. The number of halogens is 1. The molecule has 6 nitrogen and oxygen atoms in total. The van der Waals surface area contributed by atoms with Crippen molar-refractivity contribution < 1.29 is 14.3 Å². The van der Waals surface area contributed by atoms with Gasteiger partial charge in [-0.25, -0.2) is 9.97 Å². The van der Waals surface area contributed by atoms with Crippen LogP contribution < -0.4 is 4.74 Å². The van der Waals surface area contributed by atoms with Gasteiger partial charge >= 0.3 is 5.97 Å². The van der Waals surface area contributed by atoms with E-state index in [0.717, 1.165) is 50.1 Å². The highest BCUT2D eigenvalue weighted by molar-refractivity contribution is 7.15. The van der Waals surface area contributed by atoms with Crippen LogP contribution in [0.5, 0.6) is 5.75 Å². The van der Waals surface area contributed by atoms with Crippen LogP contribution in [-0.4, -0.2) is 27.6 Å². The Morgan fingerprint density at radius 1 is 1.16 bits per heavy atom. The number of methoxy groups -OCH3 is 1. The summed E-state index contributed by atoms with van der Waals surface area (Å²) in [7, 11) is 1.60. The van der Waals surface area contributed by atoms with Crippen LogP contribution in [-0.2, 0) is 29.1 Å². The van der Waals surface area contributed by atoms with Crippen LogP contribution in [0.15, 0.2) is 36.4 Å². The molecular weight excluding hydrogens is 446 g/mol. The van der Waals surface area contributed by atoms with Crippen molar-refractivity contribution in [1.29, 1.82) is 0 Å². The van der Waals surface area contributed by atoms with Crippen molar-refractivity contribution >= 4 is 39.9 Å². The van der Waals surface area contributed by atoms with E-state index in [4.69, 9.17) is 21.1 Å². The van der Waals surface area contributed by atoms with Gasteiger partial charge in [0.1, 0.15) is 23.2 Å². The van der Waals surface area contributed by atoms with Crippen LogP contribution in [0.25, 0.3) is 21.6 Å². The van der Waals surface area contributed by atoms with Gasteiger partial charge in [0.05, 0.1) is 35.8 Å². The smallest absolute Gasteiger partial charge is 0.311 e. The van der Waals surface area contributed by atoms with Crippen molar-refractivity contribution in [1.82, 2.24) is 14.5 Å². The Balaban J connectivity index is 1.44. The minimum absolute atomic E-state index is 0.172. The summed E-state index contributed by atoms with van der Waals surface area (Å²) >= 11 is 7.52. The summed E-state index contributed by atoms with van der Waals surface area (Å²) in [6.07, 6.45) is 0.172. The largest absolute Gasteiger partial charge is 0.496 e. The molecule has 4 aromatic rings. The predicted molar refractivity (Wildman–Crippen MR) is 127 cm³/mol. The van der Waals surface area contributed by atoms with E-state index in [1.165, 1.54) is 11.3 Å². The van der Waals surface area contributed by atoms with Crippen molar-refractivity contribution in [3.63, 3.8) is 0 Å². The zero-order valence-corrected chi connectivity index (χ0v) is 20.0. The van der Waals surface area contributed by atoms with Crippen LogP contribution in [0.4, 0.5) is 0 Å². The van der Waals surface area contributed by atoms with E-state index in [1.807, 2.05) is 38.1 Å². The van der Waals surface area contributed by atoms with Crippen LogP contribution >= 0.6 is 22.9 Å². The highest BCUT2D eigenvalue weighted by atomic mass is 35.5. The minimum Gasteiger partial charge on any atom is -0.496 e. The number of hydrogen-bond acceptors (Lipinski definition) is 6. The zero-order chi connectivity index (χ0) is 22.8. The van der Waals surface area contributed by atoms with Gasteiger partial charge in [0.25, 0.3) is 0 Å². The fourth-order valence-corrected chi connectivity index (χ4v) is 4.92. The maximum absolute atomic E-state index is 12.5. The molecule has 32 heavy (non-hydrogen) atoms. The Labute approximate surface area is 195 Å². The Morgan fingerprint density at radius 3 is 2.72 bits per heavy atom. The molecule has 0 N–H and O–H groups in total. The first-order chi connectivity index (χ1) is 15.4. The molecule has 0 radical (unpaired) electrons. The SMILES string of the molecule is CCn1c(C)nc2cc(COC(=O)Cc3sc(-c4ccc(Cl)cc4OC)nc3C)ccc21. The normalized spacial score (nSPS) is 11.2. The lowest BCUT2D eigenvalue weighted by molar-refractivity contribution is -0.144. The van der Waals surface area contributed by atoms with Crippen molar-refractivity contribution in [2.45, 2.75) is 40.3 Å². The number of thiazole rings is 1. The van der Waals surface area contributed by atoms with Crippen molar-refractivity contribution in [2.24, 2.45) is 0 Å². The van der Waals surface area contributed by atoms with E-state index in [-0.39, 0.29) is 19.0 Å². The molecule has 0 fully saturated rings. The quantitative estimate of drug-likeness (QED) is 0.323. The number of fused-ring (bicyclic) bond motifs is 1. The van der Waals surface area contributed by atoms with Gasteiger partial charge in [-0.05, 0) is 56.7 Å². The predicted octanol–water partition coefficient (Wildman–Crippen LogP) is 5.74. The van der Waals surface area contributed by atoms with E-state index in [0.29, 0.717) is 10.8 Å². The molecule has 0 atom stereocenters. The second-order valence-corrected chi connectivity index (χ2v) is 8.96. The number of ether oxygens (including phenoxy) is 2. The van der Waals surface area contributed by atoms with Gasteiger partial charge in [-0.3, -0.25) is 4.79 Å². The lowest BCUT2D eigenvalue weighted by Crippen LogP contribution is -2.07. The van der Waals surface area contributed by atoms with Crippen molar-refractivity contribution in [3.05, 3.63) is 63.4 Å². The summed E-state index contributed by atoms with van der Waals surface area (Å²) in [5.41, 5.74) is 4.57. The molecule has 0 bridgehead atoms. The average molecular weight is 470 g/mol. The molecule has 0 saturated carbocycles. The summed E-state index contributed by atoms with van der Waals surface area (Å²) in [6.45, 7) is 7.07. The number of carbonyl (C=O) groups excluding carboxylic acids is 1. The van der Waals surface area contributed by atoms with Gasteiger partial charge < -0.3 is 14.0 Å². The van der Waals surface area contributed by atoms with Gasteiger partial charge in [0.15, 0.2) is 0 Å². The number of nitrogens with zero attached hydrogens (tertiary/aromatic N) is 3. The number of benzene rings is 2. The molecule has 8 heteroatoms. The highest BCUT2D eigenvalue weighted by Crippen LogP contribution is 2.36. The Morgan fingerprint density at radius 2 is 1.97 bits per heavy atom. The Kier molecular flexibility index (Phi) is 6.48. The molecule has 0 saturated heterocycles. The lowest BCUT2D eigenvalue weighted by Gasteiger charge is -2.06. The topological polar surface area (TPSA) is 66.2 Å². The number of esters is 1. The number of hydrogen-bond donors (Lipinski definition) is 0. The third-order valence-corrected chi connectivity index (χ3v) is 6.74. The van der Waals surface area contributed by atoms with Crippen LogP contribution in [0.3, 0.4) is 0 Å². The maximum atomic E-state index is 12.5. The number of aryl methyl sites for hydroxylation is 3. The summed E-state index contributed by atoms with van der Waals surface area (Å²) in [4.78, 5) is 22.6. The standard InChI is InChI=1S/C24H24ClN3O3S/c1-5-28-15(3)27-19-10-16(6-9-20(19)28)13-31-23(29)12-22-14(2)26-24(32-22)18-8-7-17(25)11-21(18)30-4/h6-11H,5,12-13H2,1-4H3. The van der Waals surface area contributed by atoms with E-state index < -0.39 is 0 Å². The average Bonchev–Trinajstić information content (AvgIpc) is 3.29. The van der Waals surface area contributed by atoms with Gasteiger partial charge in [0, 0.05) is 16.4 Å².